The number of pyridine rings is 1. The minimum Gasteiger partial charge on any atom is -0.495 e. The van der Waals surface area contributed by atoms with Crippen LogP contribution >= 0.6 is 0 Å². The lowest BCUT2D eigenvalue weighted by Crippen LogP contribution is -2.07. The molecule has 34 heavy (non-hydrogen) atoms. The van der Waals surface area contributed by atoms with Gasteiger partial charge in [-0.15, -0.1) is 0 Å². The Kier molecular flexibility index (Phi) is 6.09. The van der Waals surface area contributed by atoms with E-state index in [0.717, 1.165) is 17.8 Å². The first kappa shape index (κ1) is 22.6. The predicted molar refractivity (Wildman–Crippen MR) is 122 cm³/mol. The molecule has 2 aromatic carbocycles. The first-order valence-corrected chi connectivity index (χ1v) is 9.88. The molecule has 5 N–H and O–H groups in total. The summed E-state index contributed by atoms with van der Waals surface area (Å²) >= 11 is 0. The number of hydrogen-bond acceptors (Lipinski definition) is 8. The second-order valence-corrected chi connectivity index (χ2v) is 7.08. The molecule has 0 fully saturated rings. The highest BCUT2D eigenvalue weighted by Crippen LogP contribution is 2.32. The molecule has 4 rings (SSSR count). The average Bonchev–Trinajstić information content (AvgIpc) is 2.79. The van der Waals surface area contributed by atoms with Gasteiger partial charge in [0.15, 0.2) is 0 Å². The molecule has 4 aromatic rings. The average molecular weight is 468 g/mol. The lowest BCUT2D eigenvalue weighted by Gasteiger charge is -2.11. The van der Waals surface area contributed by atoms with Crippen LogP contribution in [0, 0.1) is 0 Å². The zero-order valence-electron chi connectivity index (χ0n) is 17.8. The van der Waals surface area contributed by atoms with E-state index < -0.39 is 11.9 Å². The van der Waals surface area contributed by atoms with Gasteiger partial charge in [0.25, 0.3) is 0 Å². The fourth-order valence-electron chi connectivity index (χ4n) is 3.09. The molecule has 2 heterocycles. The zero-order chi connectivity index (χ0) is 24.3. The van der Waals surface area contributed by atoms with Crippen LogP contribution in [-0.2, 0) is 6.18 Å². The molecular weight excluding hydrogens is 449 g/mol. The van der Waals surface area contributed by atoms with Crippen LogP contribution in [0.15, 0.2) is 66.9 Å². The summed E-state index contributed by atoms with van der Waals surface area (Å²) < 4.78 is 49.2. The summed E-state index contributed by atoms with van der Waals surface area (Å²) in [5.74, 6) is 1.42. The van der Waals surface area contributed by atoms with E-state index in [1.54, 1.807) is 48.5 Å². The number of methoxy groups -OCH3 is 1. The van der Waals surface area contributed by atoms with Gasteiger partial charge in [0.1, 0.15) is 28.8 Å². The van der Waals surface area contributed by atoms with Crippen molar-refractivity contribution in [2.75, 3.05) is 23.9 Å². The maximum atomic E-state index is 12.8. The Hall–Kier alpha value is -4.54. The van der Waals surface area contributed by atoms with Gasteiger partial charge >= 0.3 is 6.18 Å². The van der Waals surface area contributed by atoms with E-state index in [4.69, 9.17) is 20.9 Å². The van der Waals surface area contributed by atoms with E-state index in [1.165, 1.54) is 13.2 Å². The van der Waals surface area contributed by atoms with Crippen LogP contribution in [-0.4, -0.2) is 22.1 Å². The quantitative estimate of drug-likeness (QED) is 0.328. The number of ether oxygens (including phenoxy) is 2. The van der Waals surface area contributed by atoms with Crippen molar-refractivity contribution in [3.05, 3.63) is 72.6 Å². The third-order valence-electron chi connectivity index (χ3n) is 4.65. The maximum absolute atomic E-state index is 12.8. The van der Waals surface area contributed by atoms with Crippen molar-refractivity contribution in [3.8, 4) is 28.5 Å². The van der Waals surface area contributed by atoms with Crippen LogP contribution < -0.4 is 26.3 Å². The number of hydrogen-bond donors (Lipinski definition) is 3. The van der Waals surface area contributed by atoms with Gasteiger partial charge in [0.05, 0.1) is 18.5 Å². The second-order valence-electron chi connectivity index (χ2n) is 7.08. The Morgan fingerprint density at radius 2 is 1.65 bits per heavy atom. The summed E-state index contributed by atoms with van der Waals surface area (Å²) in [6, 6.07) is 15.7. The van der Waals surface area contributed by atoms with E-state index in [2.05, 4.69) is 20.3 Å². The first-order valence-electron chi connectivity index (χ1n) is 9.88. The van der Waals surface area contributed by atoms with E-state index in [-0.39, 0.29) is 11.7 Å². The summed E-state index contributed by atoms with van der Waals surface area (Å²) in [6.45, 7) is 0. The van der Waals surface area contributed by atoms with Crippen molar-refractivity contribution < 1.29 is 22.6 Å². The highest BCUT2D eigenvalue weighted by Gasteiger charge is 2.32. The molecule has 8 nitrogen and oxygen atoms in total. The molecule has 0 amide bonds. The van der Waals surface area contributed by atoms with Gasteiger partial charge in [0, 0.05) is 29.6 Å². The molecule has 174 valence electrons. The van der Waals surface area contributed by atoms with Crippen LogP contribution in [0.4, 0.5) is 36.3 Å². The Bertz CT molecular complexity index is 1310. The number of nitrogens with one attached hydrogen (secondary N) is 1. The van der Waals surface area contributed by atoms with Crippen molar-refractivity contribution >= 4 is 23.1 Å². The molecule has 0 aliphatic rings. The van der Waals surface area contributed by atoms with Gasteiger partial charge in [-0.1, -0.05) is 0 Å². The predicted octanol–water partition coefficient (Wildman–Crippen LogP) is 5.27. The molecular formula is C23H19F3N6O2. The lowest BCUT2D eigenvalue weighted by molar-refractivity contribution is -0.141. The third-order valence-corrected chi connectivity index (χ3v) is 4.65. The number of alkyl halides is 3. The number of rotatable bonds is 6. The van der Waals surface area contributed by atoms with E-state index >= 15 is 0 Å². The Labute approximate surface area is 192 Å². The highest BCUT2D eigenvalue weighted by molar-refractivity contribution is 5.72. The van der Waals surface area contributed by atoms with Gasteiger partial charge in [-0.25, -0.2) is 4.98 Å². The molecule has 0 aliphatic heterocycles. The first-order chi connectivity index (χ1) is 16.2. The standard InChI is InChI=1S/C23H19F3N6O2/c1-33-19-7-2-13(10-17(19)27)18-12-21(32-22(28)31-18)30-14-3-5-15(6-4-14)34-16-8-9-29-20(11-16)23(24,25)26/h2-12H,27H2,1H3,(H3,28,30,31,32). The van der Waals surface area contributed by atoms with Gasteiger partial charge in [-0.2, -0.15) is 18.2 Å². The normalized spacial score (nSPS) is 11.2. The van der Waals surface area contributed by atoms with Crippen LogP contribution in [0.2, 0.25) is 0 Å². The molecule has 0 unspecified atom stereocenters. The van der Waals surface area contributed by atoms with Crippen LogP contribution in [0.1, 0.15) is 5.69 Å². The van der Waals surface area contributed by atoms with Crippen molar-refractivity contribution in [3.63, 3.8) is 0 Å². The maximum Gasteiger partial charge on any atom is 0.433 e. The molecule has 11 heteroatoms. The van der Waals surface area contributed by atoms with Crippen molar-refractivity contribution in [2.24, 2.45) is 0 Å². The van der Waals surface area contributed by atoms with Crippen LogP contribution in [0.3, 0.4) is 0 Å². The number of halogens is 3. The lowest BCUT2D eigenvalue weighted by atomic mass is 10.1. The highest BCUT2D eigenvalue weighted by atomic mass is 19.4. The number of benzene rings is 2. The molecule has 2 aromatic heterocycles. The molecule has 0 saturated heterocycles. The molecule has 0 radical (unpaired) electrons. The summed E-state index contributed by atoms with van der Waals surface area (Å²) in [5, 5.41) is 3.11. The van der Waals surface area contributed by atoms with Crippen molar-refractivity contribution in [1.29, 1.82) is 0 Å². The monoisotopic (exact) mass is 468 g/mol. The van der Waals surface area contributed by atoms with Gasteiger partial charge in [0.2, 0.25) is 5.95 Å². The SMILES string of the molecule is COc1ccc(-c2cc(Nc3ccc(Oc4ccnc(C(F)(F)F)c4)cc3)nc(N)n2)cc1N. The fraction of sp³-hybridized carbons (Fsp3) is 0.0870. The summed E-state index contributed by atoms with van der Waals surface area (Å²) in [5.41, 5.74) is 13.2. The number of nitrogen functional groups attached to an aromatic ring is 2. The van der Waals surface area contributed by atoms with Gasteiger partial charge in [-0.3, -0.25) is 4.98 Å². The van der Waals surface area contributed by atoms with E-state index in [9.17, 15) is 13.2 Å². The summed E-state index contributed by atoms with van der Waals surface area (Å²) in [7, 11) is 1.53. The minimum absolute atomic E-state index is 0.0232. The van der Waals surface area contributed by atoms with Crippen molar-refractivity contribution in [1.82, 2.24) is 15.0 Å². The van der Waals surface area contributed by atoms with Crippen LogP contribution in [0.25, 0.3) is 11.3 Å². The summed E-state index contributed by atoms with van der Waals surface area (Å²) in [6.07, 6.45) is -3.51. The van der Waals surface area contributed by atoms with Gasteiger partial charge < -0.3 is 26.3 Å². The fourth-order valence-corrected chi connectivity index (χ4v) is 3.09. The minimum atomic E-state index is -4.55. The largest absolute Gasteiger partial charge is 0.495 e. The topological polar surface area (TPSA) is 121 Å². The Morgan fingerprint density at radius 3 is 2.32 bits per heavy atom. The van der Waals surface area contributed by atoms with Crippen molar-refractivity contribution in [2.45, 2.75) is 6.18 Å². The molecule has 0 atom stereocenters. The number of aromatic nitrogens is 3. The Balaban J connectivity index is 1.50. The summed E-state index contributed by atoms with van der Waals surface area (Å²) in [4.78, 5) is 11.8. The zero-order valence-corrected chi connectivity index (χ0v) is 17.8. The number of nitrogens with two attached hydrogens (primary N) is 2. The van der Waals surface area contributed by atoms with Crippen LogP contribution in [0.5, 0.6) is 17.2 Å². The second kappa shape index (κ2) is 9.14. The molecule has 0 spiro atoms. The molecule has 0 aliphatic carbocycles. The van der Waals surface area contributed by atoms with E-state index in [1.807, 2.05) is 0 Å². The molecule has 0 bridgehead atoms. The van der Waals surface area contributed by atoms with E-state index in [0.29, 0.717) is 34.4 Å². The number of anilines is 4. The number of nitrogens with zero attached hydrogens (tertiary/aromatic N) is 3. The molecule has 0 saturated carbocycles. The third kappa shape index (κ3) is 5.26. The smallest absolute Gasteiger partial charge is 0.433 e. The Morgan fingerprint density at radius 1 is 0.882 bits per heavy atom. The van der Waals surface area contributed by atoms with Gasteiger partial charge in [-0.05, 0) is 48.5 Å².